The van der Waals surface area contributed by atoms with Crippen LogP contribution in [0.1, 0.15) is 6.42 Å². The first-order valence-electron chi connectivity index (χ1n) is 5.21. The third-order valence-corrected chi connectivity index (χ3v) is 5.94. The van der Waals surface area contributed by atoms with E-state index in [1.807, 2.05) is 26.2 Å². The molecule has 0 radical (unpaired) electrons. The van der Waals surface area contributed by atoms with Crippen LogP contribution >= 0.6 is 0 Å². The van der Waals surface area contributed by atoms with Gasteiger partial charge in [-0.25, -0.2) is 0 Å². The van der Waals surface area contributed by atoms with E-state index in [0.29, 0.717) is 13.2 Å². The highest BCUT2D eigenvalue weighted by molar-refractivity contribution is 6.64. The molecule has 92 valence electrons. The van der Waals surface area contributed by atoms with Crippen LogP contribution in [0.5, 0.6) is 0 Å². The van der Waals surface area contributed by atoms with Crippen molar-refractivity contribution in [2.24, 2.45) is 0 Å². The number of hydrogen-bond donors (Lipinski definition) is 0. The van der Waals surface area contributed by atoms with Crippen LogP contribution in [0.2, 0.25) is 26.2 Å². The van der Waals surface area contributed by atoms with Crippen LogP contribution in [0.25, 0.3) is 0 Å². The summed E-state index contributed by atoms with van der Waals surface area (Å²) in [6, 6.07) is 0. The van der Waals surface area contributed by atoms with Crippen molar-refractivity contribution in [3.63, 3.8) is 0 Å². The van der Waals surface area contributed by atoms with Gasteiger partial charge in [-0.1, -0.05) is 0 Å². The highest BCUT2D eigenvalue weighted by Gasteiger charge is 2.23. The van der Waals surface area contributed by atoms with Crippen LogP contribution in [0, 0.1) is 0 Å². The van der Waals surface area contributed by atoms with Gasteiger partial charge < -0.3 is 17.7 Å². The summed E-state index contributed by atoms with van der Waals surface area (Å²) in [4.78, 5) is 0. The molecule has 0 aliphatic rings. The molecular weight excluding hydrogens is 228 g/mol. The molecule has 0 rings (SSSR count). The van der Waals surface area contributed by atoms with Gasteiger partial charge in [-0.15, -0.1) is 0 Å². The van der Waals surface area contributed by atoms with Gasteiger partial charge in [0.1, 0.15) is 0 Å². The fourth-order valence-corrected chi connectivity index (χ4v) is 2.32. The summed E-state index contributed by atoms with van der Waals surface area (Å²) in [6.07, 6.45) is 0.888. The van der Waals surface area contributed by atoms with Gasteiger partial charge in [-0.2, -0.15) is 0 Å². The van der Waals surface area contributed by atoms with Gasteiger partial charge in [-0.3, -0.25) is 0 Å². The van der Waals surface area contributed by atoms with Crippen molar-refractivity contribution < 1.29 is 17.7 Å². The van der Waals surface area contributed by atoms with Gasteiger partial charge in [0.2, 0.25) is 0 Å². The molecular formula is C9H24O4Si2. The Balaban J connectivity index is 3.48. The van der Waals surface area contributed by atoms with Crippen molar-refractivity contribution in [3.8, 4) is 0 Å². The minimum Gasteiger partial charge on any atom is -0.398 e. The van der Waals surface area contributed by atoms with E-state index in [1.54, 1.807) is 14.2 Å². The Morgan fingerprint density at radius 1 is 0.733 bits per heavy atom. The molecule has 0 saturated heterocycles. The van der Waals surface area contributed by atoms with Crippen molar-refractivity contribution in [2.45, 2.75) is 32.6 Å². The van der Waals surface area contributed by atoms with Gasteiger partial charge in [0, 0.05) is 27.4 Å². The Morgan fingerprint density at radius 3 is 1.33 bits per heavy atom. The number of hydrogen-bond acceptors (Lipinski definition) is 4. The normalized spacial score (nSPS) is 13.2. The molecule has 0 amide bonds. The second-order valence-electron chi connectivity index (χ2n) is 4.26. The molecule has 0 aliphatic heterocycles. The molecule has 0 N–H and O–H groups in total. The second kappa shape index (κ2) is 6.77. The number of rotatable bonds is 8. The molecule has 0 aromatic heterocycles. The Bertz CT molecular complexity index is 155. The summed E-state index contributed by atoms with van der Waals surface area (Å²) < 4.78 is 21.8. The van der Waals surface area contributed by atoms with Crippen molar-refractivity contribution in [1.29, 1.82) is 0 Å². The topological polar surface area (TPSA) is 36.9 Å². The molecule has 0 unspecified atom stereocenters. The molecule has 0 saturated carbocycles. The van der Waals surface area contributed by atoms with Gasteiger partial charge >= 0.3 is 17.1 Å². The SMILES string of the molecule is CO[Si](C)(C)OCCCO[Si](C)(C)OC. The first-order chi connectivity index (χ1) is 6.83. The molecule has 15 heavy (non-hydrogen) atoms. The van der Waals surface area contributed by atoms with Gasteiger partial charge in [0.25, 0.3) is 0 Å². The molecule has 0 spiro atoms. The van der Waals surface area contributed by atoms with Crippen LogP contribution in [0.4, 0.5) is 0 Å². The van der Waals surface area contributed by atoms with E-state index in [2.05, 4.69) is 0 Å². The molecule has 0 fully saturated rings. The average Bonchev–Trinajstić information content (AvgIpc) is 2.17. The molecule has 0 aromatic rings. The van der Waals surface area contributed by atoms with E-state index >= 15 is 0 Å². The fraction of sp³-hybridized carbons (Fsp3) is 1.00. The molecule has 4 nitrogen and oxygen atoms in total. The summed E-state index contributed by atoms with van der Waals surface area (Å²) in [5.74, 6) is 0. The Morgan fingerprint density at radius 2 is 1.07 bits per heavy atom. The van der Waals surface area contributed by atoms with Crippen molar-refractivity contribution in [2.75, 3.05) is 27.4 Å². The Labute approximate surface area is 95.4 Å². The van der Waals surface area contributed by atoms with Crippen molar-refractivity contribution >= 4 is 17.1 Å². The average molecular weight is 252 g/mol. The van der Waals surface area contributed by atoms with E-state index in [1.165, 1.54) is 0 Å². The molecule has 0 bridgehead atoms. The maximum Gasteiger partial charge on any atom is 0.331 e. The van der Waals surface area contributed by atoms with Crippen LogP contribution in [-0.4, -0.2) is 44.6 Å². The van der Waals surface area contributed by atoms with Crippen LogP contribution < -0.4 is 0 Å². The minimum atomic E-state index is -1.86. The van der Waals surface area contributed by atoms with Gasteiger partial charge in [0.15, 0.2) is 0 Å². The molecule has 0 aliphatic carbocycles. The third kappa shape index (κ3) is 8.12. The summed E-state index contributed by atoms with van der Waals surface area (Å²) in [5.41, 5.74) is 0. The molecule has 0 aromatic carbocycles. The quantitative estimate of drug-likeness (QED) is 0.490. The molecule has 0 heterocycles. The predicted molar refractivity (Wildman–Crippen MR) is 65.5 cm³/mol. The smallest absolute Gasteiger partial charge is 0.331 e. The van der Waals surface area contributed by atoms with Gasteiger partial charge in [0.05, 0.1) is 0 Å². The highest BCUT2D eigenvalue weighted by Crippen LogP contribution is 2.07. The zero-order valence-corrected chi connectivity index (χ0v) is 12.8. The lowest BCUT2D eigenvalue weighted by atomic mass is 10.5. The van der Waals surface area contributed by atoms with Crippen molar-refractivity contribution in [1.82, 2.24) is 0 Å². The van der Waals surface area contributed by atoms with Crippen LogP contribution in [0.3, 0.4) is 0 Å². The van der Waals surface area contributed by atoms with Crippen LogP contribution in [-0.2, 0) is 17.7 Å². The summed E-state index contributed by atoms with van der Waals surface area (Å²) >= 11 is 0. The minimum absolute atomic E-state index is 0.696. The lowest BCUT2D eigenvalue weighted by molar-refractivity contribution is 0.167. The second-order valence-corrected chi connectivity index (χ2v) is 11.3. The van der Waals surface area contributed by atoms with E-state index in [9.17, 15) is 0 Å². The lowest BCUT2D eigenvalue weighted by Gasteiger charge is -2.22. The highest BCUT2D eigenvalue weighted by atomic mass is 28.4. The lowest BCUT2D eigenvalue weighted by Crippen LogP contribution is -2.35. The summed E-state index contributed by atoms with van der Waals surface area (Å²) in [7, 11) is -0.318. The van der Waals surface area contributed by atoms with Crippen molar-refractivity contribution in [3.05, 3.63) is 0 Å². The van der Waals surface area contributed by atoms with E-state index in [0.717, 1.165) is 6.42 Å². The third-order valence-electron chi connectivity index (χ3n) is 2.17. The van der Waals surface area contributed by atoms with Crippen LogP contribution in [0.15, 0.2) is 0 Å². The first kappa shape index (κ1) is 15.3. The van der Waals surface area contributed by atoms with Gasteiger partial charge in [-0.05, 0) is 32.6 Å². The maximum absolute atomic E-state index is 5.64. The molecule has 0 atom stereocenters. The zero-order valence-electron chi connectivity index (χ0n) is 10.8. The first-order valence-corrected chi connectivity index (χ1v) is 10.8. The fourth-order valence-electron chi connectivity index (χ4n) is 0.813. The zero-order chi connectivity index (χ0) is 11.9. The maximum atomic E-state index is 5.64. The standard InChI is InChI=1S/C9H24O4Si2/c1-10-14(3,4)12-8-7-9-13-15(5,6)11-2/h7-9H2,1-6H3. The summed E-state index contributed by atoms with van der Waals surface area (Å²) in [5, 5.41) is 0. The van der Waals surface area contributed by atoms with E-state index in [-0.39, 0.29) is 0 Å². The predicted octanol–water partition coefficient (Wildman–Crippen LogP) is 2.11. The largest absolute Gasteiger partial charge is 0.398 e. The van der Waals surface area contributed by atoms with E-state index in [4.69, 9.17) is 17.7 Å². The molecule has 6 heteroatoms. The Kier molecular flexibility index (Phi) is 6.89. The summed E-state index contributed by atoms with van der Waals surface area (Å²) in [6.45, 7) is 9.51. The Hall–Kier alpha value is 0.274. The monoisotopic (exact) mass is 252 g/mol. The van der Waals surface area contributed by atoms with E-state index < -0.39 is 17.1 Å².